The summed E-state index contributed by atoms with van der Waals surface area (Å²) in [5, 5.41) is -1.54. The standard InChI is InChI=1S/C21H28O11S2/c1-11(2)17(24)29-10-30-20(27)34-21(5,6)16(23)7-14(12(3)22)9-33-19(26)28-8-15-13(4)31-18(25)32-15/h11,14H,7-10H2,1-6H3/t14-/m0/s1. The molecule has 190 valence electrons. The molecule has 1 aromatic heterocycles. The normalized spacial score (nSPS) is 12.2. The fraction of sp³-hybridized carbons (Fsp3) is 0.619. The number of carbonyl (C=O) groups is 5. The number of ether oxygens (including phenoxy) is 3. The van der Waals surface area contributed by atoms with Gasteiger partial charge in [-0.05, 0) is 51.2 Å². The lowest BCUT2D eigenvalue weighted by atomic mass is 9.94. The van der Waals surface area contributed by atoms with Crippen molar-refractivity contribution in [2.45, 2.75) is 59.3 Å². The maximum atomic E-state index is 12.7. The van der Waals surface area contributed by atoms with Crippen LogP contribution in [0.25, 0.3) is 0 Å². The van der Waals surface area contributed by atoms with Gasteiger partial charge in [-0.2, -0.15) is 0 Å². The average Bonchev–Trinajstić information content (AvgIpc) is 3.05. The van der Waals surface area contributed by atoms with Crippen LogP contribution in [0.2, 0.25) is 0 Å². The van der Waals surface area contributed by atoms with Crippen molar-refractivity contribution in [1.29, 1.82) is 0 Å². The number of carbonyl (C=O) groups excluding carboxylic acids is 5. The lowest BCUT2D eigenvalue weighted by Crippen LogP contribution is -2.33. The number of ketones is 2. The molecule has 0 amide bonds. The number of hydrogen-bond acceptors (Lipinski definition) is 13. The molecule has 1 rings (SSSR count). The summed E-state index contributed by atoms with van der Waals surface area (Å²) in [5.74, 6) is -3.09. The van der Waals surface area contributed by atoms with Gasteiger partial charge >= 0.3 is 22.4 Å². The summed E-state index contributed by atoms with van der Waals surface area (Å²) in [5.41, 5.74) is 0. The molecule has 11 nitrogen and oxygen atoms in total. The maximum Gasteiger partial charge on any atom is 0.519 e. The summed E-state index contributed by atoms with van der Waals surface area (Å²) in [6, 6.07) is 0. The molecule has 0 saturated heterocycles. The first-order chi connectivity index (χ1) is 15.7. The van der Waals surface area contributed by atoms with Crippen molar-refractivity contribution in [3.8, 4) is 0 Å². The topological polar surface area (TPSA) is 156 Å². The molecule has 0 spiro atoms. The van der Waals surface area contributed by atoms with E-state index in [1.165, 1.54) is 27.7 Å². The molecule has 0 aliphatic carbocycles. The highest BCUT2D eigenvalue weighted by atomic mass is 32.2. The van der Waals surface area contributed by atoms with Gasteiger partial charge in [-0.25, -0.2) is 14.4 Å². The van der Waals surface area contributed by atoms with Gasteiger partial charge in [0.05, 0.1) is 10.7 Å². The number of hydrogen-bond donors (Lipinski definition) is 0. The van der Waals surface area contributed by atoms with Gasteiger partial charge in [0.1, 0.15) is 11.6 Å². The minimum atomic E-state index is -1.23. The second-order valence-electron chi connectivity index (χ2n) is 7.96. The van der Waals surface area contributed by atoms with Crippen molar-refractivity contribution in [2.75, 3.05) is 12.5 Å². The zero-order chi connectivity index (χ0) is 26.1. The van der Waals surface area contributed by atoms with E-state index in [1.54, 1.807) is 13.8 Å². The minimum absolute atomic E-state index is 0.0232. The molecule has 13 heteroatoms. The Morgan fingerprint density at radius 2 is 1.65 bits per heavy atom. The highest BCUT2D eigenvalue weighted by Crippen LogP contribution is 2.31. The van der Waals surface area contributed by atoms with E-state index in [1.807, 2.05) is 0 Å². The molecule has 1 heterocycles. The Balaban J connectivity index is 2.53. The molecule has 0 aromatic carbocycles. The first kappa shape index (κ1) is 29.5. The first-order valence-corrected chi connectivity index (χ1v) is 12.0. The molecule has 0 radical (unpaired) electrons. The van der Waals surface area contributed by atoms with Gasteiger partial charge in [0.2, 0.25) is 6.79 Å². The monoisotopic (exact) mass is 520 g/mol. The molecule has 1 aromatic rings. The molecule has 0 saturated carbocycles. The third-order valence-electron chi connectivity index (χ3n) is 4.43. The van der Waals surface area contributed by atoms with E-state index >= 15 is 0 Å². The zero-order valence-corrected chi connectivity index (χ0v) is 21.4. The van der Waals surface area contributed by atoms with E-state index in [2.05, 4.69) is 4.42 Å². The molecule has 34 heavy (non-hydrogen) atoms. The summed E-state index contributed by atoms with van der Waals surface area (Å²) in [7, 11) is 0. The molecule has 1 atom stereocenters. The fourth-order valence-electron chi connectivity index (χ4n) is 2.23. The van der Waals surface area contributed by atoms with Gasteiger partial charge in [-0.15, -0.1) is 0 Å². The van der Waals surface area contributed by atoms with E-state index in [9.17, 15) is 28.8 Å². The fourth-order valence-corrected chi connectivity index (χ4v) is 3.78. The van der Waals surface area contributed by atoms with Crippen molar-refractivity contribution in [3.05, 3.63) is 22.1 Å². The Kier molecular flexibility index (Phi) is 11.6. The summed E-state index contributed by atoms with van der Waals surface area (Å²) >= 11 is 1.30. The van der Waals surface area contributed by atoms with Crippen LogP contribution >= 0.6 is 23.5 Å². The summed E-state index contributed by atoms with van der Waals surface area (Å²) in [6.07, 6.45) is -0.207. The predicted molar refractivity (Wildman–Crippen MR) is 122 cm³/mol. The largest absolute Gasteiger partial charge is 0.519 e. The van der Waals surface area contributed by atoms with Gasteiger partial charge in [-0.3, -0.25) is 14.4 Å². The molecule has 0 unspecified atom stereocenters. The van der Waals surface area contributed by atoms with Gasteiger partial charge in [0.15, 0.2) is 18.1 Å². The SMILES string of the molecule is CC(=O)[C@H](CSC(=O)OCc1oc(=O)oc1C)CC(=O)C(C)(C)SC(=O)OCOC(=O)C(C)C. The lowest BCUT2D eigenvalue weighted by Gasteiger charge is -2.23. The smallest absolute Gasteiger partial charge is 0.449 e. The number of rotatable bonds is 12. The van der Waals surface area contributed by atoms with Crippen molar-refractivity contribution >= 4 is 51.7 Å². The van der Waals surface area contributed by atoms with Crippen molar-refractivity contribution in [3.63, 3.8) is 0 Å². The highest BCUT2D eigenvalue weighted by Gasteiger charge is 2.35. The van der Waals surface area contributed by atoms with Gasteiger partial charge < -0.3 is 23.0 Å². The van der Waals surface area contributed by atoms with Crippen LogP contribution in [-0.4, -0.2) is 45.4 Å². The second-order valence-corrected chi connectivity index (χ2v) is 10.5. The summed E-state index contributed by atoms with van der Waals surface area (Å²) < 4.78 is 22.7. The number of aryl methyl sites for hydroxylation is 1. The van der Waals surface area contributed by atoms with E-state index in [-0.39, 0.29) is 42.0 Å². The number of esters is 1. The van der Waals surface area contributed by atoms with Crippen LogP contribution in [0, 0.1) is 18.8 Å². The van der Waals surface area contributed by atoms with Crippen molar-refractivity contribution in [1.82, 2.24) is 0 Å². The molecule has 0 aliphatic rings. The van der Waals surface area contributed by atoms with Crippen LogP contribution < -0.4 is 5.82 Å². The maximum absolute atomic E-state index is 12.7. The third kappa shape index (κ3) is 10.2. The van der Waals surface area contributed by atoms with Gasteiger partial charge in [-0.1, -0.05) is 13.8 Å². The average molecular weight is 521 g/mol. The third-order valence-corrected chi connectivity index (χ3v) is 6.37. The summed E-state index contributed by atoms with van der Waals surface area (Å²) in [4.78, 5) is 71.1. The van der Waals surface area contributed by atoms with E-state index in [4.69, 9.17) is 18.6 Å². The Morgan fingerprint density at radius 3 is 2.18 bits per heavy atom. The van der Waals surface area contributed by atoms with Gasteiger partial charge in [0.25, 0.3) is 0 Å². The van der Waals surface area contributed by atoms with E-state index in [0.29, 0.717) is 23.5 Å². The molecule has 0 bridgehead atoms. The van der Waals surface area contributed by atoms with Gasteiger partial charge in [0, 0.05) is 18.1 Å². The number of thioether (sulfide) groups is 2. The van der Waals surface area contributed by atoms with Crippen molar-refractivity contribution in [2.24, 2.45) is 11.8 Å². The molecule has 0 fully saturated rings. The Hall–Kier alpha value is -2.54. The lowest BCUT2D eigenvalue weighted by molar-refractivity contribution is -0.155. The molecule has 0 N–H and O–H groups in total. The van der Waals surface area contributed by atoms with Crippen molar-refractivity contribution < 1.29 is 47.0 Å². The van der Waals surface area contributed by atoms with Crippen LogP contribution in [0.3, 0.4) is 0 Å². The Labute approximate surface area is 204 Å². The van der Waals surface area contributed by atoms with Crippen LogP contribution in [-0.2, 0) is 35.2 Å². The molecular weight excluding hydrogens is 492 g/mol. The van der Waals surface area contributed by atoms with E-state index < -0.39 is 45.6 Å². The zero-order valence-electron chi connectivity index (χ0n) is 19.8. The predicted octanol–water partition coefficient (Wildman–Crippen LogP) is 3.88. The Morgan fingerprint density at radius 1 is 1.00 bits per heavy atom. The van der Waals surface area contributed by atoms with Crippen LogP contribution in [0.1, 0.15) is 52.6 Å². The quantitative estimate of drug-likeness (QED) is 0.289. The number of Topliss-reactive ketones (excluding diaryl/α,β-unsaturated/α-hetero) is 2. The first-order valence-electron chi connectivity index (χ1n) is 10.2. The van der Waals surface area contributed by atoms with Crippen LogP contribution in [0.5, 0.6) is 0 Å². The van der Waals surface area contributed by atoms with Crippen LogP contribution in [0.4, 0.5) is 9.59 Å². The highest BCUT2D eigenvalue weighted by molar-refractivity contribution is 8.15. The Bertz CT molecular complexity index is 958. The molecular formula is C21H28O11S2. The minimum Gasteiger partial charge on any atom is -0.449 e. The summed E-state index contributed by atoms with van der Waals surface area (Å²) in [6.45, 7) is 8.15. The molecule has 0 aliphatic heterocycles. The van der Waals surface area contributed by atoms with E-state index in [0.717, 1.165) is 0 Å². The van der Waals surface area contributed by atoms with Crippen LogP contribution in [0.15, 0.2) is 13.6 Å². The second kappa shape index (κ2) is 13.4.